The highest BCUT2D eigenvalue weighted by atomic mass is 16.5. The Labute approximate surface area is 110 Å². The van der Waals surface area contributed by atoms with Crippen LogP contribution in [0.5, 0.6) is 0 Å². The fraction of sp³-hybridized carbons (Fsp3) is 0.846. The van der Waals surface area contributed by atoms with Crippen molar-refractivity contribution in [3.05, 3.63) is 0 Å². The van der Waals surface area contributed by atoms with E-state index < -0.39 is 0 Å². The Balaban J connectivity index is 4.54. The monoisotopic (exact) mass is 258 g/mol. The number of methoxy groups -OCH3 is 1. The van der Waals surface area contributed by atoms with Crippen molar-refractivity contribution in [1.82, 2.24) is 9.80 Å². The van der Waals surface area contributed by atoms with Crippen LogP contribution >= 0.6 is 0 Å². The van der Waals surface area contributed by atoms with Gasteiger partial charge in [0.1, 0.15) is 0 Å². The van der Waals surface area contributed by atoms with Crippen LogP contribution in [-0.2, 0) is 14.3 Å². The average Bonchev–Trinajstić information content (AvgIpc) is 2.26. The van der Waals surface area contributed by atoms with Gasteiger partial charge in [-0.25, -0.2) is 0 Å². The molecule has 0 N–H and O–H groups in total. The molecule has 18 heavy (non-hydrogen) atoms. The molecule has 0 radical (unpaired) electrons. The fourth-order valence-corrected chi connectivity index (χ4v) is 1.97. The molecule has 5 nitrogen and oxygen atoms in total. The van der Waals surface area contributed by atoms with Gasteiger partial charge >= 0.3 is 5.97 Å². The number of ether oxygens (including phenoxy) is 1. The number of amides is 1. The Morgan fingerprint density at radius 2 is 1.56 bits per heavy atom. The molecular formula is C13H26N2O3. The van der Waals surface area contributed by atoms with Gasteiger partial charge in [-0.3, -0.25) is 14.5 Å². The summed E-state index contributed by atoms with van der Waals surface area (Å²) in [5, 5.41) is 0. The summed E-state index contributed by atoms with van der Waals surface area (Å²) in [6, 6.07) is 0.323. The molecule has 0 rings (SSSR count). The van der Waals surface area contributed by atoms with Crippen molar-refractivity contribution in [2.45, 2.75) is 46.7 Å². The fourth-order valence-electron chi connectivity index (χ4n) is 1.97. The van der Waals surface area contributed by atoms with Crippen LogP contribution in [0.2, 0.25) is 0 Å². The van der Waals surface area contributed by atoms with Gasteiger partial charge in [-0.2, -0.15) is 0 Å². The van der Waals surface area contributed by atoms with E-state index in [1.54, 1.807) is 4.90 Å². The van der Waals surface area contributed by atoms with E-state index in [0.29, 0.717) is 6.54 Å². The number of carbonyl (C=O) groups excluding carboxylic acids is 2. The number of hydrogen-bond donors (Lipinski definition) is 0. The summed E-state index contributed by atoms with van der Waals surface area (Å²) in [5.74, 6) is -0.268. The van der Waals surface area contributed by atoms with Crippen LogP contribution in [0.25, 0.3) is 0 Å². The molecule has 0 aromatic rings. The molecule has 1 amide bonds. The molecule has 0 aromatic carbocycles. The van der Waals surface area contributed by atoms with Gasteiger partial charge in [-0.1, -0.05) is 6.92 Å². The van der Waals surface area contributed by atoms with Crippen molar-refractivity contribution in [3.63, 3.8) is 0 Å². The maximum atomic E-state index is 12.2. The highest BCUT2D eigenvalue weighted by Crippen LogP contribution is 2.06. The third-order valence-corrected chi connectivity index (χ3v) is 2.79. The molecule has 106 valence electrons. The van der Waals surface area contributed by atoms with Crippen molar-refractivity contribution < 1.29 is 14.3 Å². The molecule has 0 aliphatic heterocycles. The van der Waals surface area contributed by atoms with Crippen LogP contribution in [0.1, 0.15) is 34.6 Å². The lowest BCUT2D eigenvalue weighted by Gasteiger charge is -2.32. The highest BCUT2D eigenvalue weighted by molar-refractivity contribution is 5.80. The molecule has 0 fully saturated rings. The summed E-state index contributed by atoms with van der Waals surface area (Å²) >= 11 is 0. The zero-order valence-corrected chi connectivity index (χ0v) is 12.4. The quantitative estimate of drug-likeness (QED) is 0.642. The van der Waals surface area contributed by atoms with Gasteiger partial charge in [0, 0.05) is 12.1 Å². The maximum absolute atomic E-state index is 12.2. The summed E-state index contributed by atoms with van der Waals surface area (Å²) in [4.78, 5) is 27.0. The minimum absolute atomic E-state index is 0.0470. The predicted octanol–water partition coefficient (Wildman–Crippen LogP) is 1.13. The van der Waals surface area contributed by atoms with E-state index in [0.717, 1.165) is 0 Å². The van der Waals surface area contributed by atoms with Crippen molar-refractivity contribution in [1.29, 1.82) is 0 Å². The van der Waals surface area contributed by atoms with E-state index in [4.69, 9.17) is 0 Å². The third kappa shape index (κ3) is 5.49. The van der Waals surface area contributed by atoms with E-state index in [1.165, 1.54) is 7.11 Å². The molecule has 0 saturated carbocycles. The first-order valence-corrected chi connectivity index (χ1v) is 6.43. The summed E-state index contributed by atoms with van der Waals surface area (Å²) in [5.41, 5.74) is 0. The molecule has 0 bridgehead atoms. The van der Waals surface area contributed by atoms with Crippen LogP contribution in [-0.4, -0.2) is 60.5 Å². The van der Waals surface area contributed by atoms with Gasteiger partial charge in [-0.05, 0) is 34.2 Å². The van der Waals surface area contributed by atoms with Gasteiger partial charge in [0.2, 0.25) is 5.91 Å². The van der Waals surface area contributed by atoms with Crippen LogP contribution < -0.4 is 0 Å². The molecule has 0 unspecified atom stereocenters. The molecule has 0 aromatic heterocycles. The van der Waals surface area contributed by atoms with Gasteiger partial charge in [0.15, 0.2) is 0 Å². The van der Waals surface area contributed by atoms with E-state index >= 15 is 0 Å². The normalized spacial score (nSPS) is 11.2. The third-order valence-electron chi connectivity index (χ3n) is 2.79. The van der Waals surface area contributed by atoms with E-state index in [2.05, 4.69) is 4.74 Å². The first-order chi connectivity index (χ1) is 8.33. The van der Waals surface area contributed by atoms with Gasteiger partial charge in [-0.15, -0.1) is 0 Å². The Kier molecular flexibility index (Phi) is 7.59. The van der Waals surface area contributed by atoms with Crippen molar-refractivity contribution in [2.24, 2.45) is 0 Å². The van der Waals surface area contributed by atoms with Gasteiger partial charge in [0.05, 0.1) is 20.2 Å². The van der Waals surface area contributed by atoms with Crippen LogP contribution in [0, 0.1) is 0 Å². The van der Waals surface area contributed by atoms with Crippen molar-refractivity contribution in [2.75, 3.05) is 26.7 Å². The summed E-state index contributed by atoms with van der Waals surface area (Å²) in [7, 11) is 1.35. The van der Waals surface area contributed by atoms with E-state index in [-0.39, 0.29) is 37.0 Å². The number of hydrogen-bond acceptors (Lipinski definition) is 4. The smallest absolute Gasteiger partial charge is 0.319 e. The second kappa shape index (κ2) is 8.08. The van der Waals surface area contributed by atoms with E-state index in [1.807, 2.05) is 39.5 Å². The molecule has 0 saturated heterocycles. The molecule has 0 aliphatic carbocycles. The summed E-state index contributed by atoms with van der Waals surface area (Å²) in [6.07, 6.45) is 0. The minimum Gasteiger partial charge on any atom is -0.468 e. The first-order valence-electron chi connectivity index (χ1n) is 6.43. The zero-order valence-electron chi connectivity index (χ0n) is 12.4. The van der Waals surface area contributed by atoms with Crippen LogP contribution in [0.15, 0.2) is 0 Å². The molecular weight excluding hydrogens is 232 g/mol. The Morgan fingerprint density at radius 3 is 1.89 bits per heavy atom. The molecule has 0 spiro atoms. The van der Waals surface area contributed by atoms with Crippen LogP contribution in [0.3, 0.4) is 0 Å². The Bertz CT molecular complexity index is 269. The topological polar surface area (TPSA) is 49.9 Å². The average molecular weight is 258 g/mol. The zero-order chi connectivity index (χ0) is 14.3. The SMILES string of the molecule is CCN(CC(=O)OC)CC(=O)N(C(C)C)C(C)C. The van der Waals surface area contributed by atoms with Crippen molar-refractivity contribution in [3.8, 4) is 0 Å². The predicted molar refractivity (Wildman–Crippen MR) is 71.2 cm³/mol. The summed E-state index contributed by atoms with van der Waals surface area (Å²) in [6.45, 7) is 11.0. The van der Waals surface area contributed by atoms with E-state index in [9.17, 15) is 9.59 Å². The first kappa shape index (κ1) is 16.9. The summed E-state index contributed by atoms with van der Waals surface area (Å²) < 4.78 is 4.61. The molecule has 0 atom stereocenters. The lowest BCUT2D eigenvalue weighted by atomic mass is 10.2. The standard InChI is InChI=1S/C13H26N2O3/c1-7-14(9-13(17)18-6)8-12(16)15(10(2)3)11(4)5/h10-11H,7-9H2,1-6H3. The van der Waals surface area contributed by atoms with Gasteiger partial charge < -0.3 is 9.64 Å². The lowest BCUT2D eigenvalue weighted by molar-refractivity contribution is -0.143. The second-order valence-corrected chi connectivity index (χ2v) is 4.87. The Morgan fingerprint density at radius 1 is 1.06 bits per heavy atom. The molecule has 0 heterocycles. The van der Waals surface area contributed by atoms with Crippen LogP contribution in [0.4, 0.5) is 0 Å². The highest BCUT2D eigenvalue weighted by Gasteiger charge is 2.22. The minimum atomic E-state index is -0.315. The largest absolute Gasteiger partial charge is 0.468 e. The van der Waals surface area contributed by atoms with Gasteiger partial charge in [0.25, 0.3) is 0 Å². The number of esters is 1. The second-order valence-electron chi connectivity index (χ2n) is 4.87. The molecule has 0 aliphatic rings. The number of rotatable bonds is 7. The van der Waals surface area contributed by atoms with Crippen molar-refractivity contribution >= 4 is 11.9 Å². The molecule has 5 heteroatoms. The Hall–Kier alpha value is -1.10. The number of likely N-dealkylation sites (N-methyl/N-ethyl adjacent to an activating group) is 1. The number of carbonyl (C=O) groups is 2. The lowest BCUT2D eigenvalue weighted by Crippen LogP contribution is -2.48. The number of nitrogens with zero attached hydrogens (tertiary/aromatic N) is 2. The maximum Gasteiger partial charge on any atom is 0.319 e.